The van der Waals surface area contributed by atoms with Gasteiger partial charge in [-0.25, -0.2) is 4.79 Å². The summed E-state index contributed by atoms with van der Waals surface area (Å²) in [5.41, 5.74) is 0.991. The molecule has 1 heterocycles. The summed E-state index contributed by atoms with van der Waals surface area (Å²) in [5, 5.41) is 7.22. The van der Waals surface area contributed by atoms with Gasteiger partial charge in [0, 0.05) is 19.6 Å². The molecule has 0 aromatic carbocycles. The van der Waals surface area contributed by atoms with Crippen molar-refractivity contribution in [2.45, 2.75) is 53.4 Å². The number of carbonyl (C=O) groups is 2. The van der Waals surface area contributed by atoms with E-state index in [0.717, 1.165) is 19.4 Å². The Morgan fingerprint density at radius 3 is 2.37 bits per heavy atom. The van der Waals surface area contributed by atoms with Crippen molar-refractivity contribution in [3.8, 4) is 0 Å². The highest BCUT2D eigenvalue weighted by molar-refractivity contribution is 7.80. The smallest absolute Gasteiger partial charge is 0.341 e. The molecule has 0 radical (unpaired) electrons. The third-order valence-electron chi connectivity index (χ3n) is 4.32. The molecule has 2 N–H and O–H groups in total. The van der Waals surface area contributed by atoms with Crippen LogP contribution in [0.4, 0.5) is 5.00 Å². The second-order valence-electron chi connectivity index (χ2n) is 6.17. The van der Waals surface area contributed by atoms with Crippen LogP contribution in [-0.2, 0) is 4.74 Å². The number of ether oxygens (including phenoxy) is 1. The number of thiophene rings is 1. The van der Waals surface area contributed by atoms with Gasteiger partial charge in [0.15, 0.2) is 5.11 Å². The van der Waals surface area contributed by atoms with Crippen molar-refractivity contribution < 1.29 is 14.3 Å². The number of hydrogen-bond donors (Lipinski definition) is 2. The number of anilines is 1. The molecule has 0 aliphatic rings. The number of unbranched alkanes of at least 4 members (excludes halogenated alkanes) is 3. The summed E-state index contributed by atoms with van der Waals surface area (Å²) in [7, 11) is 1.33. The lowest BCUT2D eigenvalue weighted by atomic mass is 10.1. The lowest BCUT2D eigenvalue weighted by Gasteiger charge is -2.17. The van der Waals surface area contributed by atoms with E-state index in [2.05, 4.69) is 17.6 Å². The molecule has 6 nitrogen and oxygen atoms in total. The monoisotopic (exact) mass is 413 g/mol. The van der Waals surface area contributed by atoms with E-state index in [0.29, 0.717) is 39.2 Å². The van der Waals surface area contributed by atoms with Gasteiger partial charge < -0.3 is 20.3 Å². The highest BCUT2D eigenvalue weighted by Crippen LogP contribution is 2.34. The fraction of sp³-hybridized carbons (Fsp3) is 0.632. The summed E-state index contributed by atoms with van der Waals surface area (Å²) in [4.78, 5) is 27.3. The van der Waals surface area contributed by atoms with Crippen LogP contribution in [0.5, 0.6) is 0 Å². The molecule has 0 bridgehead atoms. The van der Waals surface area contributed by atoms with E-state index in [-0.39, 0.29) is 5.91 Å². The van der Waals surface area contributed by atoms with E-state index >= 15 is 0 Å². The van der Waals surface area contributed by atoms with E-state index in [1.807, 2.05) is 13.8 Å². The normalized spacial score (nSPS) is 10.4. The van der Waals surface area contributed by atoms with Crippen LogP contribution < -0.4 is 10.6 Å². The first-order chi connectivity index (χ1) is 12.9. The minimum Gasteiger partial charge on any atom is -0.465 e. The van der Waals surface area contributed by atoms with Gasteiger partial charge in [-0.2, -0.15) is 0 Å². The van der Waals surface area contributed by atoms with Gasteiger partial charge in [-0.05, 0) is 45.0 Å². The number of nitrogens with zero attached hydrogens (tertiary/aromatic N) is 1. The molecular formula is C19H31N3O3S2. The molecular weight excluding hydrogens is 382 g/mol. The molecule has 27 heavy (non-hydrogen) atoms. The number of hydrogen-bond acceptors (Lipinski definition) is 5. The second-order valence-corrected chi connectivity index (χ2v) is 7.60. The minimum atomic E-state index is -0.476. The fourth-order valence-electron chi connectivity index (χ4n) is 2.71. The van der Waals surface area contributed by atoms with Crippen molar-refractivity contribution in [3.05, 3.63) is 16.0 Å². The molecule has 0 saturated heterocycles. The van der Waals surface area contributed by atoms with Gasteiger partial charge in [0.1, 0.15) is 5.00 Å². The Morgan fingerprint density at radius 2 is 1.81 bits per heavy atom. The molecule has 0 saturated carbocycles. The van der Waals surface area contributed by atoms with E-state index in [1.54, 1.807) is 11.8 Å². The zero-order valence-corrected chi connectivity index (χ0v) is 18.6. The van der Waals surface area contributed by atoms with Crippen molar-refractivity contribution in [1.29, 1.82) is 0 Å². The summed E-state index contributed by atoms with van der Waals surface area (Å²) in [6.45, 7) is 9.80. The summed E-state index contributed by atoms with van der Waals surface area (Å²) >= 11 is 6.59. The summed E-state index contributed by atoms with van der Waals surface area (Å²) < 4.78 is 4.91. The van der Waals surface area contributed by atoms with Gasteiger partial charge in [-0.3, -0.25) is 4.79 Å². The SMILES string of the molecule is CCCCCCNC(=S)Nc1sc(C(=O)N(CC)CC)c(C)c1C(=O)OC. The standard InChI is InChI=1S/C19H31N3O3S2/c1-6-9-10-11-12-20-19(26)21-16-14(18(24)25-5)13(4)15(27-16)17(23)22(7-2)8-3/h6-12H2,1-5H3,(H2,20,21,26). The molecule has 0 aliphatic heterocycles. The maximum Gasteiger partial charge on any atom is 0.341 e. The highest BCUT2D eigenvalue weighted by Gasteiger charge is 2.27. The molecule has 1 aromatic rings. The molecule has 1 amide bonds. The van der Waals surface area contributed by atoms with Crippen molar-refractivity contribution in [1.82, 2.24) is 10.2 Å². The molecule has 8 heteroatoms. The van der Waals surface area contributed by atoms with Crippen LogP contribution in [0.3, 0.4) is 0 Å². The number of thiocarbonyl (C=S) groups is 1. The molecule has 0 aliphatic carbocycles. The number of carbonyl (C=O) groups excluding carboxylic acids is 2. The Balaban J connectivity index is 2.97. The first-order valence-electron chi connectivity index (χ1n) is 9.46. The Kier molecular flexibility index (Phi) is 10.3. The van der Waals surface area contributed by atoms with Gasteiger partial charge in [-0.15, -0.1) is 11.3 Å². The van der Waals surface area contributed by atoms with Crippen molar-refractivity contribution >= 4 is 45.5 Å². The van der Waals surface area contributed by atoms with Crippen molar-refractivity contribution in [2.24, 2.45) is 0 Å². The summed E-state index contributed by atoms with van der Waals surface area (Å²) in [6.07, 6.45) is 4.58. The third-order valence-corrected chi connectivity index (χ3v) is 5.77. The average molecular weight is 414 g/mol. The average Bonchev–Trinajstić information content (AvgIpc) is 2.97. The predicted octanol–water partition coefficient (Wildman–Crippen LogP) is 4.19. The number of methoxy groups -OCH3 is 1. The summed E-state index contributed by atoms with van der Waals surface area (Å²) in [6, 6.07) is 0. The van der Waals surface area contributed by atoms with Gasteiger partial charge >= 0.3 is 5.97 Å². The van der Waals surface area contributed by atoms with Crippen LogP contribution in [0.15, 0.2) is 0 Å². The van der Waals surface area contributed by atoms with E-state index in [9.17, 15) is 9.59 Å². The Hall–Kier alpha value is -1.67. The maximum absolute atomic E-state index is 12.8. The molecule has 0 spiro atoms. The Morgan fingerprint density at radius 1 is 1.15 bits per heavy atom. The predicted molar refractivity (Wildman–Crippen MR) is 116 cm³/mol. The number of rotatable bonds is 10. The minimum absolute atomic E-state index is 0.0841. The molecule has 1 rings (SSSR count). The zero-order chi connectivity index (χ0) is 20.4. The number of nitrogens with one attached hydrogen (secondary N) is 2. The van der Waals surface area contributed by atoms with E-state index < -0.39 is 5.97 Å². The quantitative estimate of drug-likeness (QED) is 0.340. The van der Waals surface area contributed by atoms with Crippen molar-refractivity contribution in [3.63, 3.8) is 0 Å². The van der Waals surface area contributed by atoms with Crippen LogP contribution in [0, 0.1) is 6.92 Å². The lowest BCUT2D eigenvalue weighted by molar-refractivity contribution is 0.0601. The topological polar surface area (TPSA) is 70.7 Å². The van der Waals surface area contributed by atoms with Gasteiger partial charge in [-0.1, -0.05) is 26.2 Å². The Bertz CT molecular complexity index is 655. The molecule has 0 fully saturated rings. The van der Waals surface area contributed by atoms with Crippen LogP contribution in [0.2, 0.25) is 0 Å². The van der Waals surface area contributed by atoms with Crippen LogP contribution in [-0.4, -0.2) is 48.6 Å². The molecule has 152 valence electrons. The van der Waals surface area contributed by atoms with E-state index in [4.69, 9.17) is 17.0 Å². The van der Waals surface area contributed by atoms with Gasteiger partial charge in [0.25, 0.3) is 5.91 Å². The van der Waals surface area contributed by atoms with Crippen LogP contribution in [0.25, 0.3) is 0 Å². The third kappa shape index (κ3) is 6.46. The van der Waals surface area contributed by atoms with Gasteiger partial charge in [0.05, 0.1) is 17.6 Å². The largest absolute Gasteiger partial charge is 0.465 e. The zero-order valence-electron chi connectivity index (χ0n) is 16.9. The maximum atomic E-state index is 12.8. The van der Waals surface area contributed by atoms with E-state index in [1.165, 1.54) is 31.3 Å². The number of amides is 1. The van der Waals surface area contributed by atoms with Crippen LogP contribution >= 0.6 is 23.6 Å². The second kappa shape index (κ2) is 11.9. The summed E-state index contributed by atoms with van der Waals surface area (Å²) in [5.74, 6) is -0.560. The van der Waals surface area contributed by atoms with Crippen molar-refractivity contribution in [2.75, 3.05) is 32.1 Å². The number of esters is 1. The molecule has 0 unspecified atom stereocenters. The fourth-order valence-corrected chi connectivity index (χ4v) is 4.14. The highest BCUT2D eigenvalue weighted by atomic mass is 32.1. The van der Waals surface area contributed by atoms with Crippen LogP contribution in [0.1, 0.15) is 72.0 Å². The lowest BCUT2D eigenvalue weighted by Crippen LogP contribution is -2.30. The molecule has 0 atom stereocenters. The first-order valence-corrected chi connectivity index (χ1v) is 10.7. The first kappa shape index (κ1) is 23.4. The molecule has 1 aromatic heterocycles. The Labute approximate surface area is 171 Å². The van der Waals surface area contributed by atoms with Gasteiger partial charge in [0.2, 0.25) is 0 Å².